The van der Waals surface area contributed by atoms with Crippen LogP contribution >= 0.6 is 0 Å². The molecule has 0 fully saturated rings. The first-order valence-electron chi connectivity index (χ1n) is 11.6. The Bertz CT molecular complexity index is 611. The molecule has 1 aromatic carbocycles. The van der Waals surface area contributed by atoms with Crippen LogP contribution in [0.5, 0.6) is 0 Å². The van der Waals surface area contributed by atoms with Crippen LogP contribution < -0.4 is 16.0 Å². The zero-order chi connectivity index (χ0) is 22.4. The fourth-order valence-corrected chi connectivity index (χ4v) is 3.29. The molecule has 3 N–H and O–H groups in total. The zero-order valence-corrected chi connectivity index (χ0v) is 19.7. The van der Waals surface area contributed by atoms with Crippen LogP contribution in [0, 0.1) is 12.8 Å². The van der Waals surface area contributed by atoms with Crippen molar-refractivity contribution < 1.29 is 9.59 Å². The molecule has 0 unspecified atom stereocenters. The molecule has 0 heterocycles. The van der Waals surface area contributed by atoms with Crippen LogP contribution in [-0.2, 0) is 16.0 Å². The summed E-state index contributed by atoms with van der Waals surface area (Å²) in [4.78, 5) is 25.1. The van der Waals surface area contributed by atoms with Gasteiger partial charge in [0.05, 0.1) is 0 Å². The summed E-state index contributed by atoms with van der Waals surface area (Å²) in [7, 11) is 0. The highest BCUT2D eigenvalue weighted by Gasteiger charge is 2.20. The average molecular weight is 418 g/mol. The molecule has 170 valence electrons. The van der Waals surface area contributed by atoms with Gasteiger partial charge in [0, 0.05) is 19.0 Å². The lowest BCUT2D eigenvalue weighted by Crippen LogP contribution is -2.47. The predicted molar refractivity (Wildman–Crippen MR) is 126 cm³/mol. The second-order valence-corrected chi connectivity index (χ2v) is 9.04. The van der Waals surface area contributed by atoms with Gasteiger partial charge in [0.15, 0.2) is 0 Å². The topological polar surface area (TPSA) is 70.2 Å². The molecule has 0 spiro atoms. The smallest absolute Gasteiger partial charge is 0.242 e. The van der Waals surface area contributed by atoms with Gasteiger partial charge in [-0.05, 0) is 63.5 Å². The minimum atomic E-state index is -0.454. The van der Waals surface area contributed by atoms with Crippen LogP contribution in [0.15, 0.2) is 24.3 Å². The Kier molecular flexibility index (Phi) is 13.1. The van der Waals surface area contributed by atoms with E-state index in [-0.39, 0.29) is 11.8 Å². The van der Waals surface area contributed by atoms with Gasteiger partial charge in [0.1, 0.15) is 6.04 Å². The van der Waals surface area contributed by atoms with E-state index in [2.05, 4.69) is 74.8 Å². The minimum Gasteiger partial charge on any atom is -0.354 e. The Morgan fingerprint density at radius 1 is 0.900 bits per heavy atom. The second kappa shape index (κ2) is 15.0. The lowest BCUT2D eigenvalue weighted by Gasteiger charge is -2.19. The van der Waals surface area contributed by atoms with Crippen molar-refractivity contribution in [2.75, 3.05) is 13.1 Å². The normalized spacial score (nSPS) is 12.2. The molecule has 5 heteroatoms. The highest BCUT2D eigenvalue weighted by molar-refractivity contribution is 5.87. The van der Waals surface area contributed by atoms with Crippen LogP contribution in [0.2, 0.25) is 0 Å². The van der Waals surface area contributed by atoms with E-state index in [0.29, 0.717) is 31.3 Å². The fourth-order valence-electron chi connectivity index (χ4n) is 3.29. The van der Waals surface area contributed by atoms with Crippen molar-refractivity contribution in [3.8, 4) is 0 Å². The van der Waals surface area contributed by atoms with Crippen molar-refractivity contribution in [1.29, 1.82) is 0 Å². The number of hydrogen-bond acceptors (Lipinski definition) is 3. The maximum absolute atomic E-state index is 12.6. The van der Waals surface area contributed by atoms with Gasteiger partial charge in [-0.15, -0.1) is 0 Å². The Hall–Kier alpha value is -1.88. The molecule has 0 radical (unpaired) electrons. The maximum Gasteiger partial charge on any atom is 0.242 e. The first kappa shape index (κ1) is 26.2. The van der Waals surface area contributed by atoms with Crippen molar-refractivity contribution >= 4 is 11.8 Å². The average Bonchev–Trinajstić information content (AvgIpc) is 2.68. The van der Waals surface area contributed by atoms with E-state index in [4.69, 9.17) is 0 Å². The number of carbonyl (C=O) groups is 2. The number of benzene rings is 1. The number of nitrogens with one attached hydrogen (secondary N) is 3. The highest BCUT2D eigenvalue weighted by Crippen LogP contribution is 2.08. The van der Waals surface area contributed by atoms with Gasteiger partial charge in [0.2, 0.25) is 11.8 Å². The van der Waals surface area contributed by atoms with E-state index in [0.717, 1.165) is 38.6 Å². The second-order valence-electron chi connectivity index (χ2n) is 9.04. The van der Waals surface area contributed by atoms with E-state index in [1.54, 1.807) is 0 Å². The molecule has 2 amide bonds. The quantitative estimate of drug-likeness (QED) is 0.376. The van der Waals surface area contributed by atoms with Gasteiger partial charge in [-0.3, -0.25) is 9.59 Å². The number of carbonyl (C=O) groups excluding carboxylic acids is 2. The molecule has 0 saturated carbocycles. The molecule has 0 aromatic heterocycles. The Labute approximate surface area is 183 Å². The summed E-state index contributed by atoms with van der Waals surface area (Å²) in [6, 6.07) is 8.39. The first-order chi connectivity index (χ1) is 14.3. The fraction of sp³-hybridized carbons (Fsp3) is 0.680. The molecule has 30 heavy (non-hydrogen) atoms. The monoisotopic (exact) mass is 417 g/mol. The Balaban J connectivity index is 2.45. The zero-order valence-electron chi connectivity index (χ0n) is 19.7. The SMILES string of the molecule is Cc1ccc(CCCC(=O)N[C@@H](CCCNC(C)C)C(=O)NCCCC(C)C)cc1. The van der Waals surface area contributed by atoms with Crippen LogP contribution in [-0.4, -0.2) is 37.0 Å². The third-order valence-corrected chi connectivity index (χ3v) is 5.12. The molecule has 1 atom stereocenters. The van der Waals surface area contributed by atoms with E-state index in [9.17, 15) is 9.59 Å². The van der Waals surface area contributed by atoms with Crippen LogP contribution in [0.25, 0.3) is 0 Å². The highest BCUT2D eigenvalue weighted by atomic mass is 16.2. The van der Waals surface area contributed by atoms with Crippen molar-refractivity contribution in [2.24, 2.45) is 5.92 Å². The molecule has 0 aliphatic rings. The summed E-state index contributed by atoms with van der Waals surface area (Å²) in [6.45, 7) is 12.2. The standard InChI is InChI=1S/C25H43N3O2/c1-19(2)9-7-18-27-25(30)23(11-8-17-26-20(3)4)28-24(29)12-6-10-22-15-13-21(5)14-16-22/h13-16,19-20,23,26H,6-12,17-18H2,1-5H3,(H,27,30)(H,28,29)/t23-/m0/s1. The van der Waals surface area contributed by atoms with E-state index < -0.39 is 6.04 Å². The largest absolute Gasteiger partial charge is 0.354 e. The lowest BCUT2D eigenvalue weighted by atomic mass is 10.1. The lowest BCUT2D eigenvalue weighted by molar-refractivity contribution is -0.129. The third-order valence-electron chi connectivity index (χ3n) is 5.12. The molecular weight excluding hydrogens is 374 g/mol. The molecule has 0 bridgehead atoms. The molecule has 5 nitrogen and oxygen atoms in total. The molecule has 0 saturated heterocycles. The van der Waals surface area contributed by atoms with Crippen molar-refractivity contribution in [2.45, 2.75) is 91.6 Å². The summed E-state index contributed by atoms with van der Waals surface area (Å²) < 4.78 is 0. The predicted octanol–water partition coefficient (Wildman–Crippen LogP) is 4.13. The number of rotatable bonds is 15. The third kappa shape index (κ3) is 12.6. The molecular formula is C25H43N3O2. The van der Waals surface area contributed by atoms with Gasteiger partial charge >= 0.3 is 0 Å². The van der Waals surface area contributed by atoms with E-state index in [1.165, 1.54) is 11.1 Å². The van der Waals surface area contributed by atoms with Crippen LogP contribution in [0.3, 0.4) is 0 Å². The van der Waals surface area contributed by atoms with Crippen molar-refractivity contribution in [3.05, 3.63) is 35.4 Å². The molecule has 1 aromatic rings. The van der Waals surface area contributed by atoms with Gasteiger partial charge in [-0.2, -0.15) is 0 Å². The first-order valence-corrected chi connectivity index (χ1v) is 11.6. The maximum atomic E-state index is 12.6. The summed E-state index contributed by atoms with van der Waals surface area (Å²) in [6.07, 6.45) is 5.66. The minimum absolute atomic E-state index is 0.0405. The Morgan fingerprint density at radius 3 is 2.20 bits per heavy atom. The van der Waals surface area contributed by atoms with Crippen molar-refractivity contribution in [3.63, 3.8) is 0 Å². The summed E-state index contributed by atoms with van der Waals surface area (Å²) >= 11 is 0. The van der Waals surface area contributed by atoms with Gasteiger partial charge < -0.3 is 16.0 Å². The van der Waals surface area contributed by atoms with E-state index >= 15 is 0 Å². The van der Waals surface area contributed by atoms with Gasteiger partial charge in [-0.25, -0.2) is 0 Å². The van der Waals surface area contributed by atoms with Crippen molar-refractivity contribution in [1.82, 2.24) is 16.0 Å². The number of aryl methyl sites for hydroxylation is 2. The van der Waals surface area contributed by atoms with Gasteiger partial charge in [0.25, 0.3) is 0 Å². The van der Waals surface area contributed by atoms with Crippen LogP contribution in [0.4, 0.5) is 0 Å². The molecule has 1 rings (SSSR count). The van der Waals surface area contributed by atoms with Crippen LogP contribution in [0.1, 0.15) is 77.3 Å². The number of amides is 2. The number of hydrogen-bond donors (Lipinski definition) is 3. The van der Waals surface area contributed by atoms with E-state index in [1.807, 2.05) is 0 Å². The Morgan fingerprint density at radius 2 is 1.57 bits per heavy atom. The molecule has 0 aliphatic carbocycles. The van der Waals surface area contributed by atoms with Gasteiger partial charge in [-0.1, -0.05) is 57.5 Å². The summed E-state index contributed by atoms with van der Waals surface area (Å²) in [5.41, 5.74) is 2.48. The molecule has 0 aliphatic heterocycles. The summed E-state index contributed by atoms with van der Waals surface area (Å²) in [5, 5.41) is 9.35. The summed E-state index contributed by atoms with van der Waals surface area (Å²) in [5.74, 6) is 0.532.